The second kappa shape index (κ2) is 5.44. The zero-order valence-corrected chi connectivity index (χ0v) is 13.6. The third-order valence-electron chi connectivity index (χ3n) is 4.70. The van der Waals surface area contributed by atoms with E-state index in [0.29, 0.717) is 0 Å². The van der Waals surface area contributed by atoms with E-state index in [2.05, 4.69) is 5.38 Å². The smallest absolute Gasteiger partial charge is 0.246 e. The SMILES string of the molecule is CC(C)C1C(=O)N2CCCC2C(=O)N1C(C)c1ccsc1. The van der Waals surface area contributed by atoms with E-state index in [4.69, 9.17) is 0 Å². The molecule has 1 aromatic rings. The van der Waals surface area contributed by atoms with E-state index in [-0.39, 0.29) is 35.9 Å². The van der Waals surface area contributed by atoms with Crippen LogP contribution in [-0.2, 0) is 9.59 Å². The minimum Gasteiger partial charge on any atom is -0.329 e. The van der Waals surface area contributed by atoms with Crippen molar-refractivity contribution in [2.24, 2.45) is 5.92 Å². The Balaban J connectivity index is 1.98. The van der Waals surface area contributed by atoms with E-state index in [1.165, 1.54) is 0 Å². The van der Waals surface area contributed by atoms with Gasteiger partial charge < -0.3 is 9.80 Å². The van der Waals surface area contributed by atoms with Gasteiger partial charge in [0.1, 0.15) is 12.1 Å². The van der Waals surface area contributed by atoms with Crippen LogP contribution in [0, 0.1) is 5.92 Å². The van der Waals surface area contributed by atoms with Gasteiger partial charge in [-0.2, -0.15) is 11.3 Å². The molecule has 21 heavy (non-hydrogen) atoms. The second-order valence-corrected chi connectivity index (χ2v) is 7.14. The molecule has 114 valence electrons. The van der Waals surface area contributed by atoms with Gasteiger partial charge in [-0.3, -0.25) is 9.59 Å². The minimum atomic E-state index is -0.332. The van der Waals surface area contributed by atoms with Crippen LogP contribution < -0.4 is 0 Å². The minimum absolute atomic E-state index is 0.0390. The van der Waals surface area contributed by atoms with Gasteiger partial charge in [-0.25, -0.2) is 0 Å². The fraction of sp³-hybridized carbons (Fsp3) is 0.625. The number of thiophene rings is 1. The molecule has 0 aliphatic carbocycles. The lowest BCUT2D eigenvalue weighted by molar-refractivity contribution is -0.164. The van der Waals surface area contributed by atoms with Crippen LogP contribution in [0.2, 0.25) is 0 Å². The third kappa shape index (κ3) is 2.27. The normalized spacial score (nSPS) is 27.4. The molecule has 0 N–H and O–H groups in total. The molecular weight excluding hydrogens is 284 g/mol. The van der Waals surface area contributed by atoms with Crippen LogP contribution in [-0.4, -0.2) is 40.2 Å². The maximum atomic E-state index is 12.9. The molecule has 1 aromatic heterocycles. The summed E-state index contributed by atoms with van der Waals surface area (Å²) in [6.07, 6.45) is 1.75. The Kier molecular flexibility index (Phi) is 3.78. The summed E-state index contributed by atoms with van der Waals surface area (Å²) < 4.78 is 0. The molecule has 3 atom stereocenters. The van der Waals surface area contributed by atoms with Crippen LogP contribution >= 0.6 is 11.3 Å². The molecule has 0 aromatic carbocycles. The molecule has 2 amide bonds. The lowest BCUT2D eigenvalue weighted by Gasteiger charge is -2.46. The van der Waals surface area contributed by atoms with E-state index >= 15 is 0 Å². The Bertz CT molecular complexity index is 540. The van der Waals surface area contributed by atoms with Crippen LogP contribution in [0.1, 0.15) is 45.2 Å². The Labute approximate surface area is 129 Å². The zero-order chi connectivity index (χ0) is 15.1. The van der Waals surface area contributed by atoms with Crippen LogP contribution in [0.3, 0.4) is 0 Å². The van der Waals surface area contributed by atoms with Gasteiger partial charge in [-0.1, -0.05) is 13.8 Å². The third-order valence-corrected chi connectivity index (χ3v) is 5.40. The van der Waals surface area contributed by atoms with E-state index in [1.807, 2.05) is 42.0 Å². The van der Waals surface area contributed by atoms with E-state index in [1.54, 1.807) is 11.3 Å². The van der Waals surface area contributed by atoms with Gasteiger partial charge in [-0.15, -0.1) is 0 Å². The average Bonchev–Trinajstić information content (AvgIpc) is 3.11. The van der Waals surface area contributed by atoms with Crippen LogP contribution in [0.25, 0.3) is 0 Å². The largest absolute Gasteiger partial charge is 0.329 e. The number of amides is 2. The molecule has 5 heteroatoms. The van der Waals surface area contributed by atoms with E-state index in [0.717, 1.165) is 24.9 Å². The van der Waals surface area contributed by atoms with Crippen molar-refractivity contribution < 1.29 is 9.59 Å². The topological polar surface area (TPSA) is 40.6 Å². The van der Waals surface area contributed by atoms with Gasteiger partial charge >= 0.3 is 0 Å². The first-order chi connectivity index (χ1) is 10.0. The number of carbonyl (C=O) groups excluding carboxylic acids is 2. The summed E-state index contributed by atoms with van der Waals surface area (Å²) in [6, 6.07) is 1.45. The number of nitrogens with zero attached hydrogens (tertiary/aromatic N) is 2. The molecule has 4 nitrogen and oxygen atoms in total. The maximum absolute atomic E-state index is 12.9. The van der Waals surface area contributed by atoms with Gasteiger partial charge in [0, 0.05) is 6.54 Å². The summed E-state index contributed by atoms with van der Waals surface area (Å²) in [4.78, 5) is 29.4. The number of rotatable bonds is 3. The van der Waals surface area contributed by atoms with Crippen LogP contribution in [0.4, 0.5) is 0 Å². The van der Waals surface area contributed by atoms with Gasteiger partial charge in [-0.05, 0) is 48.1 Å². The van der Waals surface area contributed by atoms with E-state index < -0.39 is 0 Å². The Morgan fingerprint density at radius 3 is 2.62 bits per heavy atom. The molecule has 0 bridgehead atoms. The number of hydrogen-bond acceptors (Lipinski definition) is 3. The Hall–Kier alpha value is -1.36. The lowest BCUT2D eigenvalue weighted by atomic mass is 9.93. The number of piperazine rings is 1. The summed E-state index contributed by atoms with van der Waals surface area (Å²) in [5.41, 5.74) is 1.12. The highest BCUT2D eigenvalue weighted by atomic mass is 32.1. The summed E-state index contributed by atoms with van der Waals surface area (Å²) in [6.45, 7) is 6.82. The second-order valence-electron chi connectivity index (χ2n) is 6.36. The summed E-state index contributed by atoms with van der Waals surface area (Å²) >= 11 is 1.63. The molecule has 0 spiro atoms. The molecule has 3 heterocycles. The lowest BCUT2D eigenvalue weighted by Crippen LogP contribution is -2.64. The number of hydrogen-bond donors (Lipinski definition) is 0. The fourth-order valence-corrected chi connectivity index (χ4v) is 4.34. The predicted octanol–water partition coefficient (Wildman–Crippen LogP) is 2.67. The van der Waals surface area contributed by atoms with Crippen LogP contribution in [0.5, 0.6) is 0 Å². The van der Waals surface area contributed by atoms with Crippen molar-refractivity contribution in [1.82, 2.24) is 9.80 Å². The highest BCUT2D eigenvalue weighted by Crippen LogP contribution is 2.35. The van der Waals surface area contributed by atoms with Crippen molar-refractivity contribution >= 4 is 23.2 Å². The monoisotopic (exact) mass is 306 g/mol. The van der Waals surface area contributed by atoms with Gasteiger partial charge in [0.15, 0.2) is 0 Å². The highest BCUT2D eigenvalue weighted by Gasteiger charge is 2.50. The molecule has 0 radical (unpaired) electrons. The Morgan fingerprint density at radius 2 is 2.00 bits per heavy atom. The van der Waals surface area contributed by atoms with Gasteiger partial charge in [0.25, 0.3) is 0 Å². The van der Waals surface area contributed by atoms with Gasteiger partial charge in [0.05, 0.1) is 6.04 Å². The summed E-state index contributed by atoms with van der Waals surface area (Å²) in [5, 5.41) is 4.09. The summed E-state index contributed by atoms with van der Waals surface area (Å²) in [5.74, 6) is 0.391. The first-order valence-electron chi connectivity index (χ1n) is 7.67. The van der Waals surface area contributed by atoms with Crippen molar-refractivity contribution in [2.45, 2.75) is 51.7 Å². The summed E-state index contributed by atoms with van der Waals surface area (Å²) in [7, 11) is 0. The van der Waals surface area contributed by atoms with Crippen molar-refractivity contribution in [1.29, 1.82) is 0 Å². The molecule has 0 saturated carbocycles. The zero-order valence-electron chi connectivity index (χ0n) is 12.8. The molecule has 3 unspecified atom stereocenters. The molecular formula is C16H22N2O2S. The van der Waals surface area contributed by atoms with Crippen molar-refractivity contribution in [3.8, 4) is 0 Å². The first-order valence-corrected chi connectivity index (χ1v) is 8.61. The first kappa shape index (κ1) is 14.6. The van der Waals surface area contributed by atoms with Crippen molar-refractivity contribution in [2.75, 3.05) is 6.54 Å². The molecule has 3 rings (SSSR count). The van der Waals surface area contributed by atoms with Crippen molar-refractivity contribution in [3.05, 3.63) is 22.4 Å². The van der Waals surface area contributed by atoms with E-state index in [9.17, 15) is 9.59 Å². The molecule has 2 aliphatic heterocycles. The molecule has 2 saturated heterocycles. The number of carbonyl (C=O) groups is 2. The quantitative estimate of drug-likeness (QED) is 0.861. The standard InChI is InChI=1S/C16H22N2O2S/c1-10(2)14-16(20)17-7-4-5-13(17)15(19)18(14)11(3)12-6-8-21-9-12/h6,8-11,13-14H,4-5,7H2,1-3H3. The Morgan fingerprint density at radius 1 is 1.24 bits per heavy atom. The maximum Gasteiger partial charge on any atom is 0.246 e. The molecule has 2 fully saturated rings. The predicted molar refractivity (Wildman–Crippen MR) is 82.9 cm³/mol. The fourth-order valence-electron chi connectivity index (χ4n) is 3.60. The average molecular weight is 306 g/mol. The number of fused-ring (bicyclic) bond motifs is 1. The molecule has 2 aliphatic rings. The van der Waals surface area contributed by atoms with Gasteiger partial charge in [0.2, 0.25) is 11.8 Å². The van der Waals surface area contributed by atoms with Crippen molar-refractivity contribution in [3.63, 3.8) is 0 Å². The van der Waals surface area contributed by atoms with Crippen LogP contribution in [0.15, 0.2) is 16.8 Å². The highest BCUT2D eigenvalue weighted by molar-refractivity contribution is 7.07.